The van der Waals surface area contributed by atoms with E-state index in [-0.39, 0.29) is 5.78 Å². The van der Waals surface area contributed by atoms with Crippen molar-refractivity contribution < 1.29 is 4.79 Å². The van der Waals surface area contributed by atoms with Gasteiger partial charge in [0.2, 0.25) is 0 Å². The molecule has 0 radical (unpaired) electrons. The molecule has 1 aliphatic heterocycles. The van der Waals surface area contributed by atoms with Gasteiger partial charge >= 0.3 is 0 Å². The summed E-state index contributed by atoms with van der Waals surface area (Å²) in [5.74, 6) is 0.924. The van der Waals surface area contributed by atoms with Gasteiger partial charge in [-0.25, -0.2) is 0 Å². The van der Waals surface area contributed by atoms with Crippen LogP contribution in [0.15, 0.2) is 24.3 Å². The van der Waals surface area contributed by atoms with Crippen molar-refractivity contribution in [1.29, 1.82) is 0 Å². The summed E-state index contributed by atoms with van der Waals surface area (Å²) in [6.45, 7) is 3.95. The Morgan fingerprint density at radius 2 is 1.93 bits per heavy atom. The Hall–Kier alpha value is -1.15. The minimum Gasteiger partial charge on any atom is -0.305 e. The molecule has 0 atom stereocenters. The number of ketones is 1. The molecular formula is C13H17NO. The summed E-state index contributed by atoms with van der Waals surface area (Å²) in [7, 11) is 2.14. The molecule has 1 aromatic rings. The largest absolute Gasteiger partial charge is 0.305 e. The van der Waals surface area contributed by atoms with E-state index in [1.807, 2.05) is 0 Å². The van der Waals surface area contributed by atoms with Crippen LogP contribution < -0.4 is 0 Å². The Bertz CT molecular complexity index is 349. The number of rotatable bonds is 3. The van der Waals surface area contributed by atoms with Crippen LogP contribution in [0, 0.1) is 0 Å². The lowest BCUT2D eigenvalue weighted by molar-refractivity contribution is -0.116. The SMILES string of the molecule is CC(=O)Cc1ccc(C2CN(C)C2)cc1. The van der Waals surface area contributed by atoms with Crippen LogP contribution in [0.4, 0.5) is 0 Å². The predicted molar refractivity (Wildman–Crippen MR) is 61.1 cm³/mol. The third-order valence-electron chi connectivity index (χ3n) is 2.97. The van der Waals surface area contributed by atoms with Crippen molar-refractivity contribution in [2.24, 2.45) is 0 Å². The Labute approximate surface area is 90.9 Å². The number of benzene rings is 1. The number of nitrogens with zero attached hydrogens (tertiary/aromatic N) is 1. The molecule has 1 aliphatic rings. The third kappa shape index (κ3) is 2.45. The molecular weight excluding hydrogens is 186 g/mol. The van der Waals surface area contributed by atoms with E-state index in [0.717, 1.165) is 18.7 Å². The van der Waals surface area contributed by atoms with Crippen molar-refractivity contribution in [2.45, 2.75) is 19.3 Å². The number of likely N-dealkylation sites (tertiary alicyclic amines) is 1. The van der Waals surface area contributed by atoms with Crippen LogP contribution in [0.5, 0.6) is 0 Å². The van der Waals surface area contributed by atoms with E-state index in [4.69, 9.17) is 0 Å². The standard InChI is InChI=1S/C13H17NO/c1-10(15)7-11-3-5-12(6-4-11)13-8-14(2)9-13/h3-6,13H,7-9H2,1-2H3. The molecule has 0 aromatic heterocycles. The minimum atomic E-state index is 0.228. The van der Waals surface area contributed by atoms with Gasteiger partial charge in [0, 0.05) is 25.4 Å². The smallest absolute Gasteiger partial charge is 0.134 e. The molecule has 1 saturated heterocycles. The lowest BCUT2D eigenvalue weighted by atomic mass is 9.91. The van der Waals surface area contributed by atoms with Crippen LogP contribution in [0.1, 0.15) is 24.0 Å². The maximum atomic E-state index is 10.9. The summed E-state index contributed by atoms with van der Waals surface area (Å²) in [6.07, 6.45) is 0.560. The van der Waals surface area contributed by atoms with Crippen LogP contribution in [0.3, 0.4) is 0 Å². The number of carbonyl (C=O) groups excluding carboxylic acids is 1. The van der Waals surface area contributed by atoms with E-state index in [1.165, 1.54) is 5.56 Å². The van der Waals surface area contributed by atoms with Crippen LogP contribution in [-0.4, -0.2) is 30.8 Å². The average Bonchev–Trinajstić information content (AvgIpc) is 2.14. The molecule has 2 rings (SSSR count). The molecule has 0 amide bonds. The number of Topliss-reactive ketones (excluding diaryl/α,β-unsaturated/α-hetero) is 1. The quantitative estimate of drug-likeness (QED) is 0.747. The Morgan fingerprint density at radius 3 is 2.40 bits per heavy atom. The fourth-order valence-corrected chi connectivity index (χ4v) is 2.10. The molecule has 1 aromatic carbocycles. The van der Waals surface area contributed by atoms with E-state index >= 15 is 0 Å². The van der Waals surface area contributed by atoms with Crippen LogP contribution in [0.2, 0.25) is 0 Å². The van der Waals surface area contributed by atoms with Crippen LogP contribution in [0.25, 0.3) is 0 Å². The van der Waals surface area contributed by atoms with Gasteiger partial charge in [-0.15, -0.1) is 0 Å². The van der Waals surface area contributed by atoms with Crippen LogP contribution in [-0.2, 0) is 11.2 Å². The first-order valence-electron chi connectivity index (χ1n) is 5.42. The highest BCUT2D eigenvalue weighted by Crippen LogP contribution is 2.25. The van der Waals surface area contributed by atoms with E-state index in [0.29, 0.717) is 12.3 Å². The van der Waals surface area contributed by atoms with Crippen molar-refractivity contribution in [3.63, 3.8) is 0 Å². The highest BCUT2D eigenvalue weighted by Gasteiger charge is 2.24. The van der Waals surface area contributed by atoms with Crippen molar-refractivity contribution in [3.8, 4) is 0 Å². The van der Waals surface area contributed by atoms with Crippen molar-refractivity contribution in [2.75, 3.05) is 20.1 Å². The average molecular weight is 203 g/mol. The van der Waals surface area contributed by atoms with Gasteiger partial charge in [-0.1, -0.05) is 24.3 Å². The molecule has 0 spiro atoms. The normalized spacial score (nSPS) is 17.5. The van der Waals surface area contributed by atoms with Gasteiger partial charge in [0.05, 0.1) is 0 Å². The maximum Gasteiger partial charge on any atom is 0.134 e. The molecule has 80 valence electrons. The summed E-state index contributed by atoms with van der Waals surface area (Å²) < 4.78 is 0. The second kappa shape index (κ2) is 4.15. The molecule has 2 heteroatoms. The monoisotopic (exact) mass is 203 g/mol. The van der Waals surface area contributed by atoms with E-state index in [9.17, 15) is 4.79 Å². The van der Waals surface area contributed by atoms with E-state index in [2.05, 4.69) is 36.2 Å². The first kappa shape index (κ1) is 10.4. The summed E-state index contributed by atoms with van der Waals surface area (Å²) in [4.78, 5) is 13.2. The first-order chi connectivity index (χ1) is 7.15. The second-order valence-electron chi connectivity index (χ2n) is 4.54. The lowest BCUT2D eigenvalue weighted by Gasteiger charge is -2.36. The summed E-state index contributed by atoms with van der Waals surface area (Å²) in [6, 6.07) is 8.48. The fraction of sp³-hybridized carbons (Fsp3) is 0.462. The van der Waals surface area contributed by atoms with E-state index in [1.54, 1.807) is 6.92 Å². The minimum absolute atomic E-state index is 0.228. The highest BCUT2D eigenvalue weighted by molar-refractivity contribution is 5.78. The van der Waals surface area contributed by atoms with Gasteiger partial charge in [0.1, 0.15) is 5.78 Å². The zero-order valence-corrected chi connectivity index (χ0v) is 9.36. The topological polar surface area (TPSA) is 20.3 Å². The van der Waals surface area contributed by atoms with Crippen molar-refractivity contribution >= 4 is 5.78 Å². The molecule has 0 N–H and O–H groups in total. The number of hydrogen-bond acceptors (Lipinski definition) is 2. The molecule has 1 fully saturated rings. The Balaban J connectivity index is 2.01. The first-order valence-corrected chi connectivity index (χ1v) is 5.42. The molecule has 0 bridgehead atoms. The molecule has 0 aliphatic carbocycles. The summed E-state index contributed by atoms with van der Waals surface area (Å²) >= 11 is 0. The fourth-order valence-electron chi connectivity index (χ4n) is 2.10. The maximum absolute atomic E-state index is 10.9. The third-order valence-corrected chi connectivity index (χ3v) is 2.97. The van der Waals surface area contributed by atoms with Crippen molar-refractivity contribution in [3.05, 3.63) is 35.4 Å². The predicted octanol–water partition coefficient (Wildman–Crippen LogP) is 1.85. The molecule has 1 heterocycles. The molecule has 0 unspecified atom stereocenters. The van der Waals surface area contributed by atoms with Gasteiger partial charge in [0.15, 0.2) is 0 Å². The zero-order chi connectivity index (χ0) is 10.8. The number of likely N-dealkylation sites (N-methyl/N-ethyl adjacent to an activating group) is 1. The Morgan fingerprint density at radius 1 is 1.33 bits per heavy atom. The van der Waals surface area contributed by atoms with Gasteiger partial charge in [0.25, 0.3) is 0 Å². The van der Waals surface area contributed by atoms with Crippen LogP contribution >= 0.6 is 0 Å². The van der Waals surface area contributed by atoms with Gasteiger partial charge < -0.3 is 4.90 Å². The second-order valence-corrected chi connectivity index (χ2v) is 4.54. The van der Waals surface area contributed by atoms with Gasteiger partial charge in [-0.3, -0.25) is 4.79 Å². The number of hydrogen-bond donors (Lipinski definition) is 0. The molecule has 15 heavy (non-hydrogen) atoms. The van der Waals surface area contributed by atoms with Crippen molar-refractivity contribution in [1.82, 2.24) is 4.90 Å². The zero-order valence-electron chi connectivity index (χ0n) is 9.36. The van der Waals surface area contributed by atoms with E-state index < -0.39 is 0 Å². The number of carbonyl (C=O) groups is 1. The summed E-state index contributed by atoms with van der Waals surface area (Å²) in [5, 5.41) is 0. The summed E-state index contributed by atoms with van der Waals surface area (Å²) in [5.41, 5.74) is 2.53. The van der Waals surface area contributed by atoms with Gasteiger partial charge in [-0.2, -0.15) is 0 Å². The van der Waals surface area contributed by atoms with Gasteiger partial charge in [-0.05, 0) is 25.1 Å². The Kier molecular flexibility index (Phi) is 2.87. The highest BCUT2D eigenvalue weighted by atomic mass is 16.1. The lowest BCUT2D eigenvalue weighted by Crippen LogP contribution is -2.41. The molecule has 0 saturated carbocycles. The molecule has 2 nitrogen and oxygen atoms in total.